The minimum absolute atomic E-state index is 0.0821. The van der Waals surface area contributed by atoms with Gasteiger partial charge >= 0.3 is 0 Å². The van der Waals surface area contributed by atoms with Crippen molar-refractivity contribution in [2.75, 3.05) is 5.73 Å². The minimum atomic E-state index is -0.0821. The van der Waals surface area contributed by atoms with Crippen LogP contribution in [0.25, 0.3) is 0 Å². The van der Waals surface area contributed by atoms with E-state index in [1.54, 1.807) is 12.3 Å². The number of nitrogens with two attached hydrogens (primary N) is 1. The molecule has 5 heteroatoms. The van der Waals surface area contributed by atoms with Gasteiger partial charge in [0, 0.05) is 12.7 Å². The van der Waals surface area contributed by atoms with Gasteiger partial charge in [-0.1, -0.05) is 24.3 Å². The number of aromatic nitrogens is 2. The Balaban J connectivity index is 1.87. The molecule has 0 aliphatic rings. The molecular formula is C13H16N4O. The average Bonchev–Trinajstić information content (AvgIpc) is 2.74. The van der Waals surface area contributed by atoms with Crippen LogP contribution in [-0.4, -0.2) is 15.7 Å². The van der Waals surface area contributed by atoms with E-state index in [2.05, 4.69) is 10.4 Å². The zero-order valence-electron chi connectivity index (χ0n) is 10.3. The van der Waals surface area contributed by atoms with Crippen LogP contribution >= 0.6 is 0 Å². The van der Waals surface area contributed by atoms with Crippen molar-refractivity contribution in [1.29, 1.82) is 0 Å². The molecule has 2 aromatic rings. The first-order valence-corrected chi connectivity index (χ1v) is 5.75. The number of anilines is 1. The summed E-state index contributed by atoms with van der Waals surface area (Å²) in [6, 6.07) is 9.63. The Morgan fingerprint density at radius 2 is 2.17 bits per heavy atom. The van der Waals surface area contributed by atoms with Crippen molar-refractivity contribution < 1.29 is 4.79 Å². The predicted octanol–water partition coefficient (Wildman–Crippen LogP) is 1.09. The molecule has 18 heavy (non-hydrogen) atoms. The van der Waals surface area contributed by atoms with Crippen molar-refractivity contribution in [2.24, 2.45) is 0 Å². The summed E-state index contributed by atoms with van der Waals surface area (Å²) in [7, 11) is 0. The first-order valence-electron chi connectivity index (χ1n) is 5.75. The average molecular weight is 244 g/mol. The summed E-state index contributed by atoms with van der Waals surface area (Å²) in [4.78, 5) is 11.7. The zero-order valence-corrected chi connectivity index (χ0v) is 10.3. The lowest BCUT2D eigenvalue weighted by molar-refractivity contribution is -0.122. The number of nitrogens with zero attached hydrogens (tertiary/aromatic N) is 2. The molecular weight excluding hydrogens is 228 g/mol. The Kier molecular flexibility index (Phi) is 3.62. The van der Waals surface area contributed by atoms with Gasteiger partial charge in [0.2, 0.25) is 5.91 Å². The molecule has 1 aromatic carbocycles. The highest BCUT2D eigenvalue weighted by Gasteiger charge is 2.04. The molecule has 0 atom stereocenters. The Morgan fingerprint density at radius 3 is 2.83 bits per heavy atom. The lowest BCUT2D eigenvalue weighted by Gasteiger charge is -2.07. The number of carbonyl (C=O) groups excluding carboxylic acids is 1. The number of rotatable bonds is 4. The van der Waals surface area contributed by atoms with Crippen LogP contribution in [0.3, 0.4) is 0 Å². The molecule has 1 aromatic heterocycles. The SMILES string of the molecule is Cc1ccccc1CNC(=O)Cn1ccc(N)n1. The molecule has 0 radical (unpaired) electrons. The van der Waals surface area contributed by atoms with Crippen LogP contribution in [0.2, 0.25) is 0 Å². The quantitative estimate of drug-likeness (QED) is 0.845. The molecule has 0 aliphatic carbocycles. The summed E-state index contributed by atoms with van der Waals surface area (Å²) in [5.41, 5.74) is 7.76. The Hall–Kier alpha value is -2.30. The van der Waals surface area contributed by atoms with Crippen molar-refractivity contribution >= 4 is 11.7 Å². The molecule has 0 spiro atoms. The predicted molar refractivity (Wildman–Crippen MR) is 69.7 cm³/mol. The van der Waals surface area contributed by atoms with Crippen molar-refractivity contribution in [2.45, 2.75) is 20.0 Å². The second-order valence-electron chi connectivity index (χ2n) is 4.14. The fraction of sp³-hybridized carbons (Fsp3) is 0.231. The first-order chi connectivity index (χ1) is 8.65. The summed E-state index contributed by atoms with van der Waals surface area (Å²) in [6.07, 6.45) is 1.68. The third-order valence-corrected chi connectivity index (χ3v) is 2.70. The lowest BCUT2D eigenvalue weighted by Crippen LogP contribution is -2.27. The summed E-state index contributed by atoms with van der Waals surface area (Å²) >= 11 is 0. The maximum absolute atomic E-state index is 11.7. The number of aryl methyl sites for hydroxylation is 1. The van der Waals surface area contributed by atoms with Gasteiger partial charge in [-0.25, -0.2) is 0 Å². The highest BCUT2D eigenvalue weighted by Crippen LogP contribution is 2.06. The highest BCUT2D eigenvalue weighted by atomic mass is 16.2. The molecule has 0 fully saturated rings. The van der Waals surface area contributed by atoms with E-state index in [0.717, 1.165) is 5.56 Å². The maximum Gasteiger partial charge on any atom is 0.241 e. The number of benzene rings is 1. The molecule has 3 N–H and O–H groups in total. The van der Waals surface area contributed by atoms with E-state index in [9.17, 15) is 4.79 Å². The van der Waals surface area contributed by atoms with Gasteiger partial charge in [0.05, 0.1) is 0 Å². The van der Waals surface area contributed by atoms with E-state index in [-0.39, 0.29) is 12.5 Å². The number of nitrogens with one attached hydrogen (secondary N) is 1. The minimum Gasteiger partial charge on any atom is -0.382 e. The lowest BCUT2D eigenvalue weighted by atomic mass is 10.1. The monoisotopic (exact) mass is 244 g/mol. The van der Waals surface area contributed by atoms with Crippen LogP contribution in [0.1, 0.15) is 11.1 Å². The molecule has 94 valence electrons. The van der Waals surface area contributed by atoms with Gasteiger partial charge in [-0.3, -0.25) is 9.48 Å². The van der Waals surface area contributed by atoms with Crippen LogP contribution in [-0.2, 0) is 17.9 Å². The number of hydrogen-bond acceptors (Lipinski definition) is 3. The van der Waals surface area contributed by atoms with E-state index in [0.29, 0.717) is 12.4 Å². The van der Waals surface area contributed by atoms with Gasteiger partial charge in [-0.05, 0) is 24.1 Å². The van der Waals surface area contributed by atoms with Crippen molar-refractivity contribution in [3.8, 4) is 0 Å². The fourth-order valence-electron chi connectivity index (χ4n) is 1.67. The van der Waals surface area contributed by atoms with Gasteiger partial charge in [-0.2, -0.15) is 5.10 Å². The number of hydrogen-bond donors (Lipinski definition) is 2. The van der Waals surface area contributed by atoms with E-state index < -0.39 is 0 Å². The van der Waals surface area contributed by atoms with E-state index in [1.165, 1.54) is 10.2 Å². The fourth-order valence-corrected chi connectivity index (χ4v) is 1.67. The third kappa shape index (κ3) is 3.10. The summed E-state index contributed by atoms with van der Waals surface area (Å²) in [6.45, 7) is 2.74. The van der Waals surface area contributed by atoms with Crippen LogP contribution in [0, 0.1) is 6.92 Å². The Labute approximate surface area is 106 Å². The van der Waals surface area contributed by atoms with Gasteiger partial charge < -0.3 is 11.1 Å². The standard InChI is InChI=1S/C13H16N4O/c1-10-4-2-3-5-11(10)8-15-13(18)9-17-7-6-12(14)16-17/h2-7H,8-9H2,1H3,(H2,14,16)(H,15,18). The maximum atomic E-state index is 11.7. The summed E-state index contributed by atoms with van der Waals surface area (Å²) in [5.74, 6) is 0.336. The molecule has 0 saturated heterocycles. The van der Waals surface area contributed by atoms with Gasteiger partial charge in [0.15, 0.2) is 0 Å². The zero-order chi connectivity index (χ0) is 13.0. The van der Waals surface area contributed by atoms with Crippen LogP contribution in [0.5, 0.6) is 0 Å². The van der Waals surface area contributed by atoms with Gasteiger partial charge in [-0.15, -0.1) is 0 Å². The molecule has 5 nitrogen and oxygen atoms in total. The normalized spacial score (nSPS) is 10.3. The topological polar surface area (TPSA) is 72.9 Å². The van der Waals surface area contributed by atoms with Crippen molar-refractivity contribution in [1.82, 2.24) is 15.1 Å². The number of nitrogen functional groups attached to an aromatic ring is 1. The van der Waals surface area contributed by atoms with E-state index in [1.807, 2.05) is 31.2 Å². The van der Waals surface area contributed by atoms with Crippen molar-refractivity contribution in [3.63, 3.8) is 0 Å². The van der Waals surface area contributed by atoms with Crippen LogP contribution in [0.4, 0.5) is 5.82 Å². The number of amides is 1. The van der Waals surface area contributed by atoms with Crippen LogP contribution < -0.4 is 11.1 Å². The highest BCUT2D eigenvalue weighted by molar-refractivity contribution is 5.75. The first kappa shape index (κ1) is 12.2. The van der Waals surface area contributed by atoms with E-state index >= 15 is 0 Å². The molecule has 0 aliphatic heterocycles. The third-order valence-electron chi connectivity index (χ3n) is 2.70. The molecule has 2 rings (SSSR count). The summed E-state index contributed by atoms with van der Waals surface area (Å²) < 4.78 is 1.52. The van der Waals surface area contributed by atoms with Gasteiger partial charge in [0.1, 0.15) is 12.4 Å². The molecule has 0 unspecified atom stereocenters. The molecule has 0 bridgehead atoms. The van der Waals surface area contributed by atoms with Gasteiger partial charge in [0.25, 0.3) is 0 Å². The Bertz CT molecular complexity index is 547. The molecule has 0 saturated carbocycles. The summed E-state index contributed by atoms with van der Waals surface area (Å²) in [5, 5.41) is 6.81. The van der Waals surface area contributed by atoms with Crippen molar-refractivity contribution in [3.05, 3.63) is 47.7 Å². The smallest absolute Gasteiger partial charge is 0.241 e. The molecule has 1 amide bonds. The Morgan fingerprint density at radius 1 is 1.39 bits per heavy atom. The second-order valence-corrected chi connectivity index (χ2v) is 4.14. The van der Waals surface area contributed by atoms with E-state index in [4.69, 9.17) is 5.73 Å². The van der Waals surface area contributed by atoms with Crippen LogP contribution in [0.15, 0.2) is 36.5 Å². The largest absolute Gasteiger partial charge is 0.382 e. The number of carbonyl (C=O) groups is 1. The molecule has 1 heterocycles. The second kappa shape index (κ2) is 5.35.